The molecule has 0 aliphatic heterocycles. The molecule has 0 atom stereocenters. The summed E-state index contributed by atoms with van der Waals surface area (Å²) in [5.41, 5.74) is 7.17. The van der Waals surface area contributed by atoms with Crippen molar-refractivity contribution in [3.8, 4) is 5.75 Å². The Hall–Kier alpha value is -2.01. The molecule has 0 fully saturated rings. The minimum absolute atomic E-state index is 0.0480. The zero-order valence-corrected chi connectivity index (χ0v) is 10.5. The van der Waals surface area contributed by atoms with Gasteiger partial charge >= 0.3 is 6.61 Å². The summed E-state index contributed by atoms with van der Waals surface area (Å²) in [5, 5.41) is 3.43. The average Bonchev–Trinajstić information content (AvgIpc) is 2.34. The molecular formula is C13H11ClF2N2O. The number of rotatable bonds is 4. The lowest BCUT2D eigenvalue weighted by Crippen LogP contribution is -2.05. The topological polar surface area (TPSA) is 47.3 Å². The molecule has 0 heterocycles. The summed E-state index contributed by atoms with van der Waals surface area (Å²) in [6.07, 6.45) is 0. The summed E-state index contributed by atoms with van der Waals surface area (Å²) < 4.78 is 29.0. The van der Waals surface area contributed by atoms with Gasteiger partial charge in [0, 0.05) is 5.02 Å². The molecule has 100 valence electrons. The van der Waals surface area contributed by atoms with Crippen molar-refractivity contribution in [1.82, 2.24) is 0 Å². The van der Waals surface area contributed by atoms with Gasteiger partial charge in [0.15, 0.2) is 0 Å². The predicted octanol–water partition coefficient (Wildman–Crippen LogP) is 4.27. The molecule has 2 rings (SSSR count). The van der Waals surface area contributed by atoms with E-state index in [1.165, 1.54) is 6.07 Å². The fourth-order valence-corrected chi connectivity index (χ4v) is 1.74. The van der Waals surface area contributed by atoms with Crippen molar-refractivity contribution in [3.63, 3.8) is 0 Å². The molecule has 6 heteroatoms. The molecule has 0 aliphatic rings. The van der Waals surface area contributed by atoms with Gasteiger partial charge in [-0.3, -0.25) is 0 Å². The van der Waals surface area contributed by atoms with Crippen LogP contribution in [0.25, 0.3) is 0 Å². The van der Waals surface area contributed by atoms with Crippen LogP contribution in [0.4, 0.5) is 25.8 Å². The van der Waals surface area contributed by atoms with Gasteiger partial charge in [-0.1, -0.05) is 23.7 Å². The van der Waals surface area contributed by atoms with Crippen LogP contribution in [-0.2, 0) is 0 Å². The number of benzene rings is 2. The fourth-order valence-electron chi connectivity index (χ4n) is 1.56. The molecule has 0 aliphatic carbocycles. The highest BCUT2D eigenvalue weighted by Gasteiger charge is 2.10. The number of nitrogens with one attached hydrogen (secondary N) is 1. The Morgan fingerprint density at radius 1 is 1.11 bits per heavy atom. The first-order valence-corrected chi connectivity index (χ1v) is 5.80. The number of halogens is 3. The maximum Gasteiger partial charge on any atom is 0.387 e. The van der Waals surface area contributed by atoms with E-state index < -0.39 is 6.61 Å². The smallest absolute Gasteiger partial charge is 0.387 e. The normalized spacial score (nSPS) is 10.5. The molecule has 3 nitrogen and oxygen atoms in total. The van der Waals surface area contributed by atoms with Crippen molar-refractivity contribution in [2.24, 2.45) is 0 Å². The Bertz CT molecular complexity index is 578. The van der Waals surface area contributed by atoms with Crippen LogP contribution in [0.3, 0.4) is 0 Å². The van der Waals surface area contributed by atoms with E-state index in [0.29, 0.717) is 22.1 Å². The Morgan fingerprint density at radius 2 is 1.84 bits per heavy atom. The summed E-state index contributed by atoms with van der Waals surface area (Å²) >= 11 is 5.79. The van der Waals surface area contributed by atoms with Crippen LogP contribution in [-0.4, -0.2) is 6.61 Å². The van der Waals surface area contributed by atoms with E-state index in [1.807, 2.05) is 0 Å². The molecule has 0 aromatic heterocycles. The van der Waals surface area contributed by atoms with Gasteiger partial charge in [-0.15, -0.1) is 0 Å². The van der Waals surface area contributed by atoms with E-state index in [4.69, 9.17) is 17.3 Å². The monoisotopic (exact) mass is 284 g/mol. The van der Waals surface area contributed by atoms with E-state index in [2.05, 4.69) is 10.1 Å². The van der Waals surface area contributed by atoms with Crippen molar-refractivity contribution in [1.29, 1.82) is 0 Å². The summed E-state index contributed by atoms with van der Waals surface area (Å²) in [4.78, 5) is 0. The van der Waals surface area contributed by atoms with Crippen molar-refractivity contribution in [2.45, 2.75) is 6.61 Å². The number of para-hydroxylation sites is 2. The molecule has 0 bridgehead atoms. The SMILES string of the molecule is Nc1cc(Cl)ccc1Nc1ccccc1OC(F)F. The molecule has 0 radical (unpaired) electrons. The van der Waals surface area contributed by atoms with Crippen molar-refractivity contribution < 1.29 is 13.5 Å². The van der Waals surface area contributed by atoms with Gasteiger partial charge in [-0.2, -0.15) is 8.78 Å². The second kappa shape index (κ2) is 5.75. The summed E-state index contributed by atoms with van der Waals surface area (Å²) in [6, 6.07) is 11.3. The molecule has 0 amide bonds. The summed E-state index contributed by atoms with van der Waals surface area (Å²) in [7, 11) is 0. The first-order chi connectivity index (χ1) is 9.06. The van der Waals surface area contributed by atoms with Gasteiger partial charge in [0.2, 0.25) is 0 Å². The van der Waals surface area contributed by atoms with E-state index in [0.717, 1.165) is 0 Å². The maximum absolute atomic E-state index is 12.3. The highest BCUT2D eigenvalue weighted by atomic mass is 35.5. The number of nitrogen functional groups attached to an aromatic ring is 1. The van der Waals surface area contributed by atoms with Crippen LogP contribution < -0.4 is 15.8 Å². The quantitative estimate of drug-likeness (QED) is 0.824. The number of anilines is 3. The first kappa shape index (κ1) is 13.4. The number of hydrogen-bond acceptors (Lipinski definition) is 3. The summed E-state index contributed by atoms with van der Waals surface area (Å²) in [5.74, 6) is 0.0480. The minimum atomic E-state index is -2.88. The van der Waals surface area contributed by atoms with Crippen LogP contribution >= 0.6 is 11.6 Å². The van der Waals surface area contributed by atoms with Crippen molar-refractivity contribution in [3.05, 3.63) is 47.5 Å². The molecule has 0 spiro atoms. The predicted molar refractivity (Wildman–Crippen MR) is 72.2 cm³/mol. The van der Waals surface area contributed by atoms with E-state index in [1.54, 1.807) is 36.4 Å². The molecule has 2 aromatic rings. The molecular weight excluding hydrogens is 274 g/mol. The standard InChI is InChI=1S/C13H11ClF2N2O/c14-8-5-6-10(9(17)7-8)18-11-3-1-2-4-12(11)19-13(15)16/h1-7,13,18H,17H2. The minimum Gasteiger partial charge on any atom is -0.433 e. The molecule has 2 aromatic carbocycles. The summed E-state index contributed by atoms with van der Waals surface area (Å²) in [6.45, 7) is -2.88. The Labute approximate surface area is 113 Å². The first-order valence-electron chi connectivity index (χ1n) is 5.42. The molecule has 0 saturated carbocycles. The van der Waals surface area contributed by atoms with Crippen LogP contribution in [0.1, 0.15) is 0 Å². The van der Waals surface area contributed by atoms with Crippen molar-refractivity contribution >= 4 is 28.7 Å². The van der Waals surface area contributed by atoms with Gasteiger partial charge in [-0.05, 0) is 30.3 Å². The lowest BCUT2D eigenvalue weighted by atomic mass is 10.2. The highest BCUT2D eigenvalue weighted by Crippen LogP contribution is 2.31. The third-order valence-electron chi connectivity index (χ3n) is 2.39. The van der Waals surface area contributed by atoms with Gasteiger partial charge < -0.3 is 15.8 Å². The third-order valence-corrected chi connectivity index (χ3v) is 2.62. The molecule has 0 unspecified atom stereocenters. The van der Waals surface area contributed by atoms with Crippen LogP contribution in [0.15, 0.2) is 42.5 Å². The van der Waals surface area contributed by atoms with Crippen LogP contribution in [0, 0.1) is 0 Å². The van der Waals surface area contributed by atoms with E-state index >= 15 is 0 Å². The van der Waals surface area contributed by atoms with Gasteiger partial charge in [0.1, 0.15) is 5.75 Å². The van der Waals surface area contributed by atoms with Gasteiger partial charge in [0.05, 0.1) is 17.1 Å². The largest absolute Gasteiger partial charge is 0.433 e. The Balaban J connectivity index is 2.27. The molecule has 3 N–H and O–H groups in total. The fraction of sp³-hybridized carbons (Fsp3) is 0.0769. The second-order valence-corrected chi connectivity index (χ2v) is 4.17. The Kier molecular flexibility index (Phi) is 4.06. The third kappa shape index (κ3) is 3.48. The zero-order chi connectivity index (χ0) is 13.8. The number of alkyl halides is 2. The lowest BCUT2D eigenvalue weighted by molar-refractivity contribution is -0.0493. The van der Waals surface area contributed by atoms with Crippen molar-refractivity contribution in [2.75, 3.05) is 11.1 Å². The maximum atomic E-state index is 12.3. The van der Waals surface area contributed by atoms with Crippen LogP contribution in [0.2, 0.25) is 5.02 Å². The lowest BCUT2D eigenvalue weighted by Gasteiger charge is -2.14. The molecule has 0 saturated heterocycles. The number of hydrogen-bond donors (Lipinski definition) is 2. The second-order valence-electron chi connectivity index (χ2n) is 3.73. The van der Waals surface area contributed by atoms with Gasteiger partial charge in [-0.25, -0.2) is 0 Å². The Morgan fingerprint density at radius 3 is 2.53 bits per heavy atom. The van der Waals surface area contributed by atoms with E-state index in [-0.39, 0.29) is 5.75 Å². The highest BCUT2D eigenvalue weighted by molar-refractivity contribution is 6.31. The zero-order valence-electron chi connectivity index (χ0n) is 9.74. The van der Waals surface area contributed by atoms with Crippen LogP contribution in [0.5, 0.6) is 5.75 Å². The average molecular weight is 285 g/mol. The molecule has 19 heavy (non-hydrogen) atoms. The number of ether oxygens (including phenoxy) is 1. The van der Waals surface area contributed by atoms with E-state index in [9.17, 15) is 8.78 Å². The van der Waals surface area contributed by atoms with Gasteiger partial charge in [0.25, 0.3) is 0 Å². The number of nitrogens with two attached hydrogens (primary N) is 1.